The lowest BCUT2D eigenvalue weighted by atomic mass is 9.98. The largest absolute Gasteiger partial charge is 0.339 e. The summed E-state index contributed by atoms with van der Waals surface area (Å²) in [5.74, 6) is 2.33. The monoisotopic (exact) mass is 243 g/mol. The number of aryl methyl sites for hydroxylation is 1. The molecule has 0 spiro atoms. The number of nitrogens with one attached hydrogen (secondary N) is 1. The molecule has 1 saturated heterocycles. The van der Waals surface area contributed by atoms with Crippen molar-refractivity contribution in [3.63, 3.8) is 0 Å². The van der Waals surface area contributed by atoms with Gasteiger partial charge in [0, 0.05) is 12.1 Å². The lowest BCUT2D eigenvalue weighted by molar-refractivity contribution is 0.340. The van der Waals surface area contributed by atoms with E-state index < -0.39 is 0 Å². The van der Waals surface area contributed by atoms with Crippen molar-refractivity contribution in [1.82, 2.24) is 15.5 Å². The third-order valence-corrected chi connectivity index (χ3v) is 3.59. The second kappa shape index (κ2) is 4.53. The van der Waals surface area contributed by atoms with E-state index in [1.54, 1.807) is 0 Å². The van der Waals surface area contributed by atoms with Gasteiger partial charge >= 0.3 is 0 Å². The van der Waals surface area contributed by atoms with Gasteiger partial charge in [-0.15, -0.1) is 0 Å². The number of hydrogen-bond donors (Lipinski definition) is 1. The van der Waals surface area contributed by atoms with E-state index in [2.05, 4.69) is 41.4 Å². The van der Waals surface area contributed by atoms with E-state index in [1.165, 1.54) is 5.56 Å². The van der Waals surface area contributed by atoms with Crippen LogP contribution < -0.4 is 5.32 Å². The Morgan fingerprint density at radius 1 is 1.22 bits per heavy atom. The first-order valence-electron chi connectivity index (χ1n) is 6.35. The van der Waals surface area contributed by atoms with Crippen LogP contribution in [-0.4, -0.2) is 23.2 Å². The highest BCUT2D eigenvalue weighted by Crippen LogP contribution is 2.28. The number of hydrogen-bond acceptors (Lipinski definition) is 4. The van der Waals surface area contributed by atoms with Crippen molar-refractivity contribution in [2.24, 2.45) is 5.92 Å². The number of rotatable bonds is 2. The van der Waals surface area contributed by atoms with Gasteiger partial charge in [-0.2, -0.15) is 4.98 Å². The molecule has 0 aliphatic carbocycles. The highest BCUT2D eigenvalue weighted by Gasteiger charge is 2.29. The lowest BCUT2D eigenvalue weighted by Crippen LogP contribution is -2.08. The summed E-state index contributed by atoms with van der Waals surface area (Å²) in [6.45, 7) is 6.22. The Kier molecular flexibility index (Phi) is 2.88. The quantitative estimate of drug-likeness (QED) is 0.879. The maximum Gasteiger partial charge on any atom is 0.231 e. The van der Waals surface area contributed by atoms with Crippen molar-refractivity contribution in [1.29, 1.82) is 0 Å². The van der Waals surface area contributed by atoms with Crippen LogP contribution >= 0.6 is 0 Å². The first-order chi connectivity index (χ1) is 8.74. The minimum atomic E-state index is 0.344. The van der Waals surface area contributed by atoms with Gasteiger partial charge in [-0.25, -0.2) is 0 Å². The molecule has 0 saturated carbocycles. The van der Waals surface area contributed by atoms with Gasteiger partial charge in [0.2, 0.25) is 11.7 Å². The first kappa shape index (κ1) is 11.4. The minimum absolute atomic E-state index is 0.344. The molecule has 2 atom stereocenters. The molecule has 18 heavy (non-hydrogen) atoms. The van der Waals surface area contributed by atoms with Gasteiger partial charge in [0.05, 0.1) is 5.92 Å². The van der Waals surface area contributed by atoms with E-state index >= 15 is 0 Å². The van der Waals surface area contributed by atoms with Gasteiger partial charge in [-0.05, 0) is 19.4 Å². The molecular weight excluding hydrogens is 226 g/mol. The predicted octanol–water partition coefficient (Wildman–Crippen LogP) is 2.37. The predicted molar refractivity (Wildman–Crippen MR) is 69.2 cm³/mol. The van der Waals surface area contributed by atoms with Crippen LogP contribution in [-0.2, 0) is 0 Å². The molecule has 1 aromatic carbocycles. The van der Waals surface area contributed by atoms with Crippen LogP contribution in [0.3, 0.4) is 0 Å². The zero-order valence-corrected chi connectivity index (χ0v) is 10.7. The maximum atomic E-state index is 5.40. The summed E-state index contributed by atoms with van der Waals surface area (Å²) in [4.78, 5) is 4.52. The standard InChI is InChI=1S/C14H17N3O/c1-9-3-5-11(6-4-9)13-16-14(18-17-13)12-8-15-7-10(12)2/h3-6,10,12,15H,7-8H2,1-2H3/t10-,12-/m1/s1. The Balaban J connectivity index is 1.87. The van der Waals surface area contributed by atoms with E-state index in [4.69, 9.17) is 4.52 Å². The fourth-order valence-electron chi connectivity index (χ4n) is 2.35. The fourth-order valence-corrected chi connectivity index (χ4v) is 2.35. The summed E-state index contributed by atoms with van der Waals surface area (Å²) in [6.07, 6.45) is 0. The van der Waals surface area contributed by atoms with Crippen LogP contribution in [0.2, 0.25) is 0 Å². The summed E-state index contributed by atoms with van der Waals surface area (Å²) in [6, 6.07) is 8.18. The summed E-state index contributed by atoms with van der Waals surface area (Å²) in [5, 5.41) is 7.43. The van der Waals surface area contributed by atoms with E-state index in [-0.39, 0.29) is 0 Å². The molecule has 0 amide bonds. The van der Waals surface area contributed by atoms with Crippen molar-refractivity contribution in [2.75, 3.05) is 13.1 Å². The van der Waals surface area contributed by atoms with Crippen molar-refractivity contribution < 1.29 is 4.52 Å². The van der Waals surface area contributed by atoms with Crippen molar-refractivity contribution in [3.05, 3.63) is 35.7 Å². The molecule has 2 aromatic rings. The Morgan fingerprint density at radius 2 is 2.00 bits per heavy atom. The van der Waals surface area contributed by atoms with E-state index in [9.17, 15) is 0 Å². The summed E-state index contributed by atoms with van der Waals surface area (Å²) >= 11 is 0. The number of nitrogens with zero attached hydrogens (tertiary/aromatic N) is 2. The minimum Gasteiger partial charge on any atom is -0.339 e. The van der Waals surface area contributed by atoms with Crippen LogP contribution in [0.4, 0.5) is 0 Å². The molecule has 1 aliphatic rings. The number of benzene rings is 1. The third-order valence-electron chi connectivity index (χ3n) is 3.59. The van der Waals surface area contributed by atoms with Crippen LogP contribution in [0.5, 0.6) is 0 Å². The average molecular weight is 243 g/mol. The molecule has 1 fully saturated rings. The van der Waals surface area contributed by atoms with Crippen molar-refractivity contribution in [2.45, 2.75) is 19.8 Å². The summed E-state index contributed by atoms with van der Waals surface area (Å²) in [5.41, 5.74) is 2.24. The van der Waals surface area contributed by atoms with Gasteiger partial charge in [0.15, 0.2) is 0 Å². The summed E-state index contributed by atoms with van der Waals surface area (Å²) in [7, 11) is 0. The van der Waals surface area contributed by atoms with Crippen LogP contribution in [0, 0.1) is 12.8 Å². The van der Waals surface area contributed by atoms with Crippen molar-refractivity contribution in [3.8, 4) is 11.4 Å². The molecule has 1 N–H and O–H groups in total. The molecule has 4 nitrogen and oxygen atoms in total. The molecule has 1 aromatic heterocycles. The molecule has 0 unspecified atom stereocenters. The molecule has 3 rings (SSSR count). The first-order valence-corrected chi connectivity index (χ1v) is 6.35. The summed E-state index contributed by atoms with van der Waals surface area (Å²) < 4.78 is 5.40. The number of aromatic nitrogens is 2. The van der Waals surface area contributed by atoms with Crippen LogP contribution in [0.1, 0.15) is 24.3 Å². The van der Waals surface area contributed by atoms with Gasteiger partial charge in [-0.3, -0.25) is 0 Å². The molecule has 0 radical (unpaired) electrons. The van der Waals surface area contributed by atoms with Gasteiger partial charge in [0.1, 0.15) is 0 Å². The van der Waals surface area contributed by atoms with Crippen LogP contribution in [0.15, 0.2) is 28.8 Å². The Bertz CT molecular complexity index is 532. The molecule has 2 heterocycles. The zero-order valence-electron chi connectivity index (χ0n) is 10.7. The normalized spacial score (nSPS) is 23.4. The zero-order chi connectivity index (χ0) is 12.5. The van der Waals surface area contributed by atoms with Gasteiger partial charge < -0.3 is 9.84 Å². The van der Waals surface area contributed by atoms with Crippen LogP contribution in [0.25, 0.3) is 11.4 Å². The second-order valence-corrected chi connectivity index (χ2v) is 5.06. The second-order valence-electron chi connectivity index (χ2n) is 5.06. The Labute approximate surface area is 106 Å². The molecule has 4 heteroatoms. The third kappa shape index (κ3) is 2.04. The van der Waals surface area contributed by atoms with E-state index in [1.807, 2.05) is 12.1 Å². The lowest BCUT2D eigenvalue weighted by Gasteiger charge is -2.07. The highest BCUT2D eigenvalue weighted by molar-refractivity contribution is 5.54. The smallest absolute Gasteiger partial charge is 0.231 e. The Hall–Kier alpha value is -1.68. The van der Waals surface area contributed by atoms with Gasteiger partial charge in [-0.1, -0.05) is 41.9 Å². The highest BCUT2D eigenvalue weighted by atomic mass is 16.5. The topological polar surface area (TPSA) is 51.0 Å². The molecular formula is C14H17N3O. The molecule has 94 valence electrons. The SMILES string of the molecule is Cc1ccc(-c2noc([C@@H]3CNC[C@H]3C)n2)cc1. The maximum absolute atomic E-state index is 5.40. The van der Waals surface area contributed by atoms with E-state index in [0.29, 0.717) is 17.7 Å². The molecule has 1 aliphatic heterocycles. The fraction of sp³-hybridized carbons (Fsp3) is 0.429. The molecule has 0 bridgehead atoms. The Morgan fingerprint density at radius 3 is 2.67 bits per heavy atom. The van der Waals surface area contributed by atoms with E-state index in [0.717, 1.165) is 24.5 Å². The average Bonchev–Trinajstić information content (AvgIpc) is 2.98. The van der Waals surface area contributed by atoms with Gasteiger partial charge in [0.25, 0.3) is 0 Å². The van der Waals surface area contributed by atoms with Crippen molar-refractivity contribution >= 4 is 0 Å².